The standard InChI is InChI=1S/C16H21N3S/c1-4-17-15(11-20-16-18-8-5-9-19-16)14-7-6-12(2)10-13(14)3/h5-10,15,17H,4,11H2,1-3H3. The average Bonchev–Trinajstić information content (AvgIpc) is 2.45. The first kappa shape index (κ1) is 15.0. The van der Waals surface area contributed by atoms with Gasteiger partial charge in [-0.1, -0.05) is 42.4 Å². The smallest absolute Gasteiger partial charge is 0.187 e. The van der Waals surface area contributed by atoms with E-state index < -0.39 is 0 Å². The monoisotopic (exact) mass is 287 g/mol. The molecule has 0 aliphatic carbocycles. The average molecular weight is 287 g/mol. The molecule has 20 heavy (non-hydrogen) atoms. The Bertz CT molecular complexity index is 543. The van der Waals surface area contributed by atoms with Crippen molar-refractivity contribution in [1.82, 2.24) is 15.3 Å². The Hall–Kier alpha value is -1.39. The van der Waals surface area contributed by atoms with E-state index in [9.17, 15) is 0 Å². The van der Waals surface area contributed by atoms with Crippen LogP contribution in [0.5, 0.6) is 0 Å². The van der Waals surface area contributed by atoms with Crippen molar-refractivity contribution < 1.29 is 0 Å². The van der Waals surface area contributed by atoms with Gasteiger partial charge in [0.1, 0.15) is 0 Å². The van der Waals surface area contributed by atoms with Gasteiger partial charge in [0.15, 0.2) is 5.16 Å². The second kappa shape index (κ2) is 7.41. The molecule has 1 aromatic carbocycles. The lowest BCUT2D eigenvalue weighted by Gasteiger charge is -2.20. The molecule has 4 heteroatoms. The molecule has 106 valence electrons. The number of hydrogen-bond donors (Lipinski definition) is 1. The normalized spacial score (nSPS) is 12.3. The third-order valence-electron chi connectivity index (χ3n) is 3.17. The fourth-order valence-electron chi connectivity index (χ4n) is 2.24. The molecule has 0 saturated heterocycles. The second-order valence-corrected chi connectivity index (χ2v) is 5.80. The Morgan fingerprint density at radius 2 is 1.95 bits per heavy atom. The van der Waals surface area contributed by atoms with Gasteiger partial charge in [-0.15, -0.1) is 0 Å². The van der Waals surface area contributed by atoms with Crippen LogP contribution in [0.1, 0.15) is 29.7 Å². The second-order valence-electron chi connectivity index (χ2n) is 4.81. The van der Waals surface area contributed by atoms with Crippen LogP contribution in [0, 0.1) is 13.8 Å². The summed E-state index contributed by atoms with van der Waals surface area (Å²) in [5.41, 5.74) is 4.01. The van der Waals surface area contributed by atoms with Crippen molar-refractivity contribution in [2.24, 2.45) is 0 Å². The lowest BCUT2D eigenvalue weighted by molar-refractivity contribution is 0.602. The molecule has 1 aromatic heterocycles. The summed E-state index contributed by atoms with van der Waals surface area (Å²) in [6.07, 6.45) is 3.57. The quantitative estimate of drug-likeness (QED) is 0.651. The van der Waals surface area contributed by atoms with Crippen molar-refractivity contribution >= 4 is 11.8 Å². The fourth-order valence-corrected chi connectivity index (χ4v) is 3.12. The van der Waals surface area contributed by atoms with E-state index in [1.54, 1.807) is 24.2 Å². The third-order valence-corrected chi connectivity index (χ3v) is 4.14. The number of nitrogens with zero attached hydrogens (tertiary/aromatic N) is 2. The maximum atomic E-state index is 4.27. The molecule has 0 saturated carbocycles. The van der Waals surface area contributed by atoms with E-state index in [0.717, 1.165) is 17.5 Å². The highest BCUT2D eigenvalue weighted by Gasteiger charge is 2.13. The molecule has 0 radical (unpaired) electrons. The first-order chi connectivity index (χ1) is 9.70. The Morgan fingerprint density at radius 3 is 2.60 bits per heavy atom. The molecule has 1 N–H and O–H groups in total. The summed E-state index contributed by atoms with van der Waals surface area (Å²) in [6, 6.07) is 8.81. The van der Waals surface area contributed by atoms with Gasteiger partial charge < -0.3 is 5.32 Å². The summed E-state index contributed by atoms with van der Waals surface area (Å²) in [6.45, 7) is 7.40. The van der Waals surface area contributed by atoms with Gasteiger partial charge in [-0.3, -0.25) is 0 Å². The highest BCUT2D eigenvalue weighted by molar-refractivity contribution is 7.99. The zero-order valence-corrected chi connectivity index (χ0v) is 13.1. The topological polar surface area (TPSA) is 37.8 Å². The highest BCUT2D eigenvalue weighted by Crippen LogP contribution is 2.25. The molecule has 0 aliphatic rings. The maximum Gasteiger partial charge on any atom is 0.187 e. The van der Waals surface area contributed by atoms with Crippen LogP contribution in [0.3, 0.4) is 0 Å². The number of aromatic nitrogens is 2. The van der Waals surface area contributed by atoms with Crippen LogP contribution in [0.4, 0.5) is 0 Å². The minimum Gasteiger partial charge on any atom is -0.309 e. The van der Waals surface area contributed by atoms with Gasteiger partial charge in [-0.2, -0.15) is 0 Å². The van der Waals surface area contributed by atoms with Gasteiger partial charge in [0.25, 0.3) is 0 Å². The van der Waals surface area contributed by atoms with Crippen LogP contribution < -0.4 is 5.32 Å². The molecule has 0 spiro atoms. The van der Waals surface area contributed by atoms with E-state index in [1.165, 1.54) is 16.7 Å². The molecule has 1 atom stereocenters. The minimum atomic E-state index is 0.328. The van der Waals surface area contributed by atoms with Gasteiger partial charge in [0.2, 0.25) is 0 Å². The highest BCUT2D eigenvalue weighted by atomic mass is 32.2. The van der Waals surface area contributed by atoms with Gasteiger partial charge in [0, 0.05) is 24.2 Å². The molecule has 3 nitrogen and oxygen atoms in total. The molecule has 1 heterocycles. The number of rotatable bonds is 6. The van der Waals surface area contributed by atoms with Gasteiger partial charge >= 0.3 is 0 Å². The zero-order valence-electron chi connectivity index (χ0n) is 12.3. The van der Waals surface area contributed by atoms with Gasteiger partial charge in [0.05, 0.1) is 0 Å². The summed E-state index contributed by atoms with van der Waals surface area (Å²) in [4.78, 5) is 8.53. The van der Waals surface area contributed by atoms with Crippen LogP contribution in [0.15, 0.2) is 41.8 Å². The molecule has 0 aliphatic heterocycles. The van der Waals surface area contributed by atoms with E-state index >= 15 is 0 Å². The molecular weight excluding hydrogens is 266 g/mol. The van der Waals surface area contributed by atoms with Crippen molar-refractivity contribution in [2.75, 3.05) is 12.3 Å². The van der Waals surface area contributed by atoms with Crippen LogP contribution in [-0.4, -0.2) is 22.3 Å². The molecule has 0 fully saturated rings. The van der Waals surface area contributed by atoms with E-state index in [1.807, 2.05) is 6.07 Å². The van der Waals surface area contributed by atoms with Crippen molar-refractivity contribution in [3.8, 4) is 0 Å². The van der Waals surface area contributed by atoms with Crippen LogP contribution in [-0.2, 0) is 0 Å². The van der Waals surface area contributed by atoms with E-state index in [4.69, 9.17) is 0 Å². The molecule has 0 amide bonds. The lowest BCUT2D eigenvalue weighted by Crippen LogP contribution is -2.23. The van der Waals surface area contributed by atoms with Crippen molar-refractivity contribution in [1.29, 1.82) is 0 Å². The predicted octanol–water partition coefficient (Wildman–Crippen LogP) is 3.54. The zero-order chi connectivity index (χ0) is 14.4. The van der Waals surface area contributed by atoms with Crippen LogP contribution in [0.25, 0.3) is 0 Å². The largest absolute Gasteiger partial charge is 0.309 e. The van der Waals surface area contributed by atoms with Gasteiger partial charge in [-0.25, -0.2) is 9.97 Å². The summed E-state index contributed by atoms with van der Waals surface area (Å²) in [5, 5.41) is 4.39. The Balaban J connectivity index is 2.10. The van der Waals surface area contributed by atoms with Crippen LogP contribution in [0.2, 0.25) is 0 Å². The molecule has 2 rings (SSSR count). The number of thioether (sulfide) groups is 1. The Labute approximate surface area is 125 Å². The summed E-state index contributed by atoms with van der Waals surface area (Å²) >= 11 is 1.69. The SMILES string of the molecule is CCNC(CSc1ncccn1)c1ccc(C)cc1C. The van der Waals surface area contributed by atoms with E-state index in [-0.39, 0.29) is 0 Å². The first-order valence-electron chi connectivity index (χ1n) is 6.91. The van der Waals surface area contributed by atoms with Gasteiger partial charge in [-0.05, 0) is 37.6 Å². The number of nitrogens with one attached hydrogen (secondary N) is 1. The number of hydrogen-bond acceptors (Lipinski definition) is 4. The Morgan fingerprint density at radius 1 is 1.20 bits per heavy atom. The summed E-state index contributed by atoms with van der Waals surface area (Å²) < 4.78 is 0. The van der Waals surface area contributed by atoms with Crippen molar-refractivity contribution in [3.05, 3.63) is 53.3 Å². The van der Waals surface area contributed by atoms with Crippen LogP contribution >= 0.6 is 11.8 Å². The minimum absolute atomic E-state index is 0.328. The summed E-state index contributed by atoms with van der Waals surface area (Å²) in [7, 11) is 0. The maximum absolute atomic E-state index is 4.27. The van der Waals surface area contributed by atoms with Crippen molar-refractivity contribution in [3.63, 3.8) is 0 Å². The van der Waals surface area contributed by atoms with Crippen molar-refractivity contribution in [2.45, 2.75) is 32.0 Å². The Kier molecular flexibility index (Phi) is 5.56. The van der Waals surface area contributed by atoms with E-state index in [0.29, 0.717) is 6.04 Å². The molecule has 1 unspecified atom stereocenters. The number of aryl methyl sites for hydroxylation is 2. The third kappa shape index (κ3) is 4.05. The predicted molar refractivity (Wildman–Crippen MR) is 85.1 cm³/mol. The lowest BCUT2D eigenvalue weighted by atomic mass is 10.0. The first-order valence-corrected chi connectivity index (χ1v) is 7.89. The fraction of sp³-hybridized carbons (Fsp3) is 0.375. The molecule has 0 bridgehead atoms. The number of benzene rings is 1. The van der Waals surface area contributed by atoms with E-state index in [2.05, 4.69) is 54.3 Å². The molecular formula is C16H21N3S. The molecule has 2 aromatic rings. The summed E-state index contributed by atoms with van der Waals surface area (Å²) in [5.74, 6) is 0.932.